The minimum atomic E-state index is -4.44. The van der Waals surface area contributed by atoms with Crippen molar-refractivity contribution in [3.8, 4) is 0 Å². The van der Waals surface area contributed by atoms with E-state index in [1.807, 2.05) is 6.92 Å². The fourth-order valence-electron chi connectivity index (χ4n) is 4.04. The van der Waals surface area contributed by atoms with Crippen LogP contribution in [0.4, 0.5) is 18.9 Å². The fourth-order valence-corrected chi connectivity index (χ4v) is 4.04. The SMILES string of the molecule is Cc1cc(C2C[C@H](C)n3ncc(NC(=O)c4ccccc4)c3C2=O)ccc1C(F)(F)F. The number of ketones is 1. The summed E-state index contributed by atoms with van der Waals surface area (Å²) in [5, 5.41) is 7.00. The Morgan fingerprint density at radius 2 is 1.87 bits per heavy atom. The lowest BCUT2D eigenvalue weighted by Gasteiger charge is -2.28. The smallest absolute Gasteiger partial charge is 0.319 e. The number of benzene rings is 2. The minimum absolute atomic E-state index is 0.0714. The molecule has 1 aliphatic heterocycles. The molecule has 1 amide bonds. The summed E-state index contributed by atoms with van der Waals surface area (Å²) in [5.74, 6) is -1.27. The topological polar surface area (TPSA) is 64.0 Å². The first-order valence-corrected chi connectivity index (χ1v) is 9.82. The van der Waals surface area contributed by atoms with E-state index in [-0.39, 0.29) is 29.0 Å². The maximum atomic E-state index is 13.3. The summed E-state index contributed by atoms with van der Waals surface area (Å²) in [4.78, 5) is 25.9. The largest absolute Gasteiger partial charge is 0.416 e. The van der Waals surface area contributed by atoms with Gasteiger partial charge in [-0.3, -0.25) is 14.3 Å². The van der Waals surface area contributed by atoms with E-state index < -0.39 is 17.7 Å². The number of hydrogen-bond donors (Lipinski definition) is 1. The van der Waals surface area contributed by atoms with E-state index in [4.69, 9.17) is 0 Å². The summed E-state index contributed by atoms with van der Waals surface area (Å²) in [6.45, 7) is 3.27. The molecule has 31 heavy (non-hydrogen) atoms. The molecular weight excluding hydrogens is 407 g/mol. The van der Waals surface area contributed by atoms with Gasteiger partial charge in [0.25, 0.3) is 5.91 Å². The van der Waals surface area contributed by atoms with Gasteiger partial charge in [0.05, 0.1) is 29.4 Å². The molecule has 1 N–H and O–H groups in total. The number of nitrogens with one attached hydrogen (secondary N) is 1. The molecule has 3 aromatic rings. The summed E-state index contributed by atoms with van der Waals surface area (Å²) in [6.07, 6.45) is -2.60. The first-order valence-electron chi connectivity index (χ1n) is 9.82. The van der Waals surface area contributed by atoms with Crippen LogP contribution in [0.15, 0.2) is 54.7 Å². The number of alkyl halides is 3. The van der Waals surface area contributed by atoms with Crippen LogP contribution in [0, 0.1) is 6.92 Å². The second-order valence-electron chi connectivity index (χ2n) is 7.75. The molecule has 1 aliphatic rings. The molecule has 0 aliphatic carbocycles. The molecule has 0 saturated carbocycles. The third-order valence-electron chi connectivity index (χ3n) is 5.58. The van der Waals surface area contributed by atoms with Crippen molar-refractivity contribution in [3.05, 3.63) is 82.7 Å². The average molecular weight is 427 g/mol. The summed E-state index contributed by atoms with van der Waals surface area (Å²) in [5.41, 5.74) is 0.865. The van der Waals surface area contributed by atoms with Crippen LogP contribution < -0.4 is 5.32 Å². The summed E-state index contributed by atoms with van der Waals surface area (Å²) in [7, 11) is 0. The number of aromatic nitrogens is 2. The van der Waals surface area contributed by atoms with Gasteiger partial charge < -0.3 is 5.32 Å². The molecule has 2 heterocycles. The Bertz CT molecular complexity index is 1150. The Labute approximate surface area is 176 Å². The van der Waals surface area contributed by atoms with E-state index in [1.165, 1.54) is 25.3 Å². The average Bonchev–Trinajstić information content (AvgIpc) is 3.15. The zero-order valence-corrected chi connectivity index (χ0v) is 16.9. The number of anilines is 1. The molecule has 2 aromatic carbocycles. The molecule has 1 aromatic heterocycles. The zero-order valence-electron chi connectivity index (χ0n) is 16.9. The maximum absolute atomic E-state index is 13.3. The fraction of sp³-hybridized carbons (Fsp3) is 0.261. The molecule has 0 fully saturated rings. The van der Waals surface area contributed by atoms with E-state index >= 15 is 0 Å². The number of carbonyl (C=O) groups is 2. The standard InChI is InChI=1S/C23H20F3N3O2/c1-13-10-16(8-9-18(13)23(24,25)26)17-11-14(2)29-20(21(17)30)19(12-27-29)28-22(31)15-6-4-3-5-7-15/h3-10,12,14,17H,11H2,1-2H3,(H,28,31)/t14-,17?/m0/s1. The number of halogens is 3. The van der Waals surface area contributed by atoms with E-state index in [0.717, 1.165) is 6.07 Å². The molecule has 4 rings (SSSR count). The van der Waals surface area contributed by atoms with Gasteiger partial charge in [0, 0.05) is 5.56 Å². The lowest BCUT2D eigenvalue weighted by atomic mass is 9.83. The van der Waals surface area contributed by atoms with Crippen molar-refractivity contribution in [2.45, 2.75) is 38.4 Å². The molecule has 8 heteroatoms. The predicted molar refractivity (Wildman–Crippen MR) is 109 cm³/mol. The highest BCUT2D eigenvalue weighted by molar-refractivity contribution is 6.10. The van der Waals surface area contributed by atoms with Gasteiger partial charge in [-0.1, -0.05) is 30.3 Å². The monoisotopic (exact) mass is 427 g/mol. The number of aryl methyl sites for hydroxylation is 1. The highest BCUT2D eigenvalue weighted by Gasteiger charge is 2.37. The first-order chi connectivity index (χ1) is 14.7. The molecule has 5 nitrogen and oxygen atoms in total. The van der Waals surface area contributed by atoms with Crippen molar-refractivity contribution in [3.63, 3.8) is 0 Å². The van der Waals surface area contributed by atoms with Gasteiger partial charge in [-0.15, -0.1) is 0 Å². The molecule has 0 bridgehead atoms. The van der Waals surface area contributed by atoms with Gasteiger partial charge in [0.15, 0.2) is 5.78 Å². The van der Waals surface area contributed by atoms with Crippen molar-refractivity contribution >= 4 is 17.4 Å². The number of amides is 1. The number of hydrogen-bond acceptors (Lipinski definition) is 3. The van der Waals surface area contributed by atoms with Crippen molar-refractivity contribution in [1.82, 2.24) is 9.78 Å². The van der Waals surface area contributed by atoms with E-state index in [0.29, 0.717) is 23.2 Å². The third kappa shape index (κ3) is 3.85. The van der Waals surface area contributed by atoms with Crippen LogP contribution in [-0.2, 0) is 6.18 Å². The first kappa shape index (κ1) is 20.8. The Morgan fingerprint density at radius 1 is 1.16 bits per heavy atom. The third-order valence-corrected chi connectivity index (χ3v) is 5.58. The maximum Gasteiger partial charge on any atom is 0.416 e. The van der Waals surface area contributed by atoms with Crippen molar-refractivity contribution < 1.29 is 22.8 Å². The van der Waals surface area contributed by atoms with Crippen LogP contribution in [0.3, 0.4) is 0 Å². The van der Waals surface area contributed by atoms with E-state index in [1.54, 1.807) is 35.0 Å². The normalized spacial score (nSPS) is 18.5. The van der Waals surface area contributed by atoms with Gasteiger partial charge in [0.2, 0.25) is 0 Å². The highest BCUT2D eigenvalue weighted by atomic mass is 19.4. The van der Waals surface area contributed by atoms with Crippen LogP contribution in [0.25, 0.3) is 0 Å². The van der Waals surface area contributed by atoms with Crippen LogP contribution in [0.2, 0.25) is 0 Å². The van der Waals surface area contributed by atoms with Crippen molar-refractivity contribution in [1.29, 1.82) is 0 Å². The molecule has 160 valence electrons. The van der Waals surface area contributed by atoms with Crippen LogP contribution in [0.5, 0.6) is 0 Å². The summed E-state index contributed by atoms with van der Waals surface area (Å²) >= 11 is 0. The van der Waals surface area contributed by atoms with Gasteiger partial charge >= 0.3 is 6.18 Å². The van der Waals surface area contributed by atoms with Gasteiger partial charge in [-0.05, 0) is 49.6 Å². The van der Waals surface area contributed by atoms with Gasteiger partial charge in [-0.2, -0.15) is 18.3 Å². The molecule has 2 atom stereocenters. The Morgan fingerprint density at radius 3 is 2.52 bits per heavy atom. The lowest BCUT2D eigenvalue weighted by Crippen LogP contribution is -2.29. The minimum Gasteiger partial charge on any atom is -0.319 e. The number of nitrogens with zero attached hydrogens (tertiary/aromatic N) is 2. The molecule has 0 spiro atoms. The van der Waals surface area contributed by atoms with Gasteiger partial charge in [-0.25, -0.2) is 0 Å². The Balaban J connectivity index is 1.66. The second kappa shape index (κ2) is 7.68. The highest BCUT2D eigenvalue weighted by Crippen LogP contribution is 2.40. The van der Waals surface area contributed by atoms with E-state index in [2.05, 4.69) is 10.4 Å². The van der Waals surface area contributed by atoms with E-state index in [9.17, 15) is 22.8 Å². The zero-order chi connectivity index (χ0) is 22.3. The van der Waals surface area contributed by atoms with Crippen LogP contribution in [-0.4, -0.2) is 21.5 Å². The number of carbonyl (C=O) groups excluding carboxylic acids is 2. The molecular formula is C23H20F3N3O2. The molecule has 0 radical (unpaired) electrons. The Kier molecular flexibility index (Phi) is 5.16. The van der Waals surface area contributed by atoms with Crippen LogP contribution in [0.1, 0.15) is 62.8 Å². The number of Topliss-reactive ketones (excluding diaryl/α,β-unsaturated/α-hetero) is 1. The van der Waals surface area contributed by atoms with Crippen molar-refractivity contribution in [2.75, 3.05) is 5.32 Å². The van der Waals surface area contributed by atoms with Gasteiger partial charge in [0.1, 0.15) is 5.69 Å². The lowest BCUT2D eigenvalue weighted by molar-refractivity contribution is -0.138. The number of rotatable bonds is 3. The summed E-state index contributed by atoms with van der Waals surface area (Å²) < 4.78 is 40.9. The summed E-state index contributed by atoms with van der Waals surface area (Å²) in [6, 6.07) is 12.2. The molecule has 1 unspecified atom stereocenters. The quantitative estimate of drug-likeness (QED) is 0.609. The number of fused-ring (bicyclic) bond motifs is 1. The second-order valence-corrected chi connectivity index (χ2v) is 7.75. The Hall–Kier alpha value is -3.42. The van der Waals surface area contributed by atoms with Crippen molar-refractivity contribution in [2.24, 2.45) is 0 Å². The molecule has 0 saturated heterocycles. The predicted octanol–water partition coefficient (Wildman–Crippen LogP) is 5.39. The van der Waals surface area contributed by atoms with Crippen LogP contribution >= 0.6 is 0 Å².